The van der Waals surface area contributed by atoms with Crippen LogP contribution >= 0.6 is 11.3 Å². The van der Waals surface area contributed by atoms with Crippen LogP contribution in [0.3, 0.4) is 0 Å². The second-order valence-electron chi connectivity index (χ2n) is 9.91. The fourth-order valence-corrected chi connectivity index (χ4v) is 5.59. The maximum absolute atomic E-state index is 13.2. The Hall–Kier alpha value is -3.83. The Morgan fingerprint density at radius 1 is 0.974 bits per heavy atom. The minimum absolute atomic E-state index is 0.105. The van der Waals surface area contributed by atoms with Crippen LogP contribution in [0.4, 0.5) is 9.93 Å². The molecule has 4 aromatic rings. The minimum atomic E-state index is -4.11. The molecular formula is C28H30N4O5S2. The van der Waals surface area contributed by atoms with Crippen molar-refractivity contribution in [3.63, 3.8) is 0 Å². The smallest absolute Gasteiger partial charge is 0.421 e. The van der Waals surface area contributed by atoms with Gasteiger partial charge in [-0.3, -0.25) is 10.1 Å². The van der Waals surface area contributed by atoms with Crippen molar-refractivity contribution in [1.82, 2.24) is 14.9 Å². The van der Waals surface area contributed by atoms with E-state index in [4.69, 9.17) is 4.74 Å². The van der Waals surface area contributed by atoms with Crippen LogP contribution in [0.2, 0.25) is 0 Å². The molecule has 9 nitrogen and oxygen atoms in total. The highest BCUT2D eigenvalue weighted by Gasteiger charge is 2.23. The monoisotopic (exact) mass is 566 g/mol. The lowest BCUT2D eigenvalue weighted by atomic mass is 9.94. The zero-order chi connectivity index (χ0) is 28.2. The summed E-state index contributed by atoms with van der Waals surface area (Å²) in [5.74, 6) is -0.260. The Kier molecular flexibility index (Phi) is 8.31. The number of fused-ring (bicyclic) bond motifs is 1. The van der Waals surface area contributed by atoms with Crippen molar-refractivity contribution in [3.05, 3.63) is 71.8 Å². The molecule has 1 heterocycles. The lowest BCUT2D eigenvalue weighted by Gasteiger charge is -2.19. The standard InChI is InChI=1S/C28H30N4O5S2/c1-5-6-10-22-21-11-8-7-9-18(21)14-17-23(22)24(33)29-26-31-30-25(38-26)19-12-15-20(16-13-19)39(35,36)32-27(34)37-28(2,3)4/h7-9,11-17H,5-6,10H2,1-4H3,(H,32,34)(H,29,31,33). The molecule has 11 heteroatoms. The third-order valence-electron chi connectivity index (χ3n) is 5.74. The molecule has 0 aliphatic carbocycles. The number of anilines is 1. The van der Waals surface area contributed by atoms with Gasteiger partial charge in [0.05, 0.1) is 4.90 Å². The van der Waals surface area contributed by atoms with E-state index in [1.54, 1.807) is 32.9 Å². The van der Waals surface area contributed by atoms with Gasteiger partial charge in [-0.1, -0.05) is 67.1 Å². The molecule has 0 bridgehead atoms. The molecule has 0 saturated carbocycles. The van der Waals surface area contributed by atoms with Crippen LogP contribution in [0.1, 0.15) is 56.5 Å². The number of carbonyl (C=O) groups is 2. The van der Waals surface area contributed by atoms with Gasteiger partial charge in [0.1, 0.15) is 10.6 Å². The summed E-state index contributed by atoms with van der Waals surface area (Å²) in [6.07, 6.45) is 1.72. The Balaban J connectivity index is 1.49. The van der Waals surface area contributed by atoms with Crippen LogP contribution in [0, 0.1) is 0 Å². The maximum atomic E-state index is 13.2. The molecule has 2 N–H and O–H groups in total. The summed E-state index contributed by atoms with van der Waals surface area (Å²) in [5, 5.41) is 14.1. The van der Waals surface area contributed by atoms with Gasteiger partial charge < -0.3 is 4.74 Å². The van der Waals surface area contributed by atoms with Gasteiger partial charge in [0.2, 0.25) is 5.13 Å². The third kappa shape index (κ3) is 6.98. The zero-order valence-corrected chi connectivity index (χ0v) is 23.8. The van der Waals surface area contributed by atoms with Crippen molar-refractivity contribution in [3.8, 4) is 10.6 Å². The molecule has 0 spiro atoms. The number of nitrogens with one attached hydrogen (secondary N) is 2. The maximum Gasteiger partial charge on any atom is 0.421 e. The molecule has 39 heavy (non-hydrogen) atoms. The molecule has 4 rings (SSSR count). The highest BCUT2D eigenvalue weighted by molar-refractivity contribution is 7.90. The van der Waals surface area contributed by atoms with Crippen LogP contribution in [0.5, 0.6) is 0 Å². The first kappa shape index (κ1) is 28.2. The van der Waals surface area contributed by atoms with Crippen molar-refractivity contribution < 1.29 is 22.7 Å². The summed E-state index contributed by atoms with van der Waals surface area (Å²) in [4.78, 5) is 25.0. The van der Waals surface area contributed by atoms with Gasteiger partial charge in [-0.25, -0.2) is 17.9 Å². The Bertz CT molecular complexity index is 1610. The highest BCUT2D eigenvalue weighted by Crippen LogP contribution is 2.29. The first-order valence-corrected chi connectivity index (χ1v) is 14.8. The fraction of sp³-hybridized carbons (Fsp3) is 0.286. The van der Waals surface area contributed by atoms with Crippen LogP contribution < -0.4 is 10.0 Å². The van der Waals surface area contributed by atoms with Gasteiger partial charge in [-0.05, 0) is 68.1 Å². The van der Waals surface area contributed by atoms with Crippen molar-refractivity contribution in [2.75, 3.05) is 5.32 Å². The number of rotatable bonds is 8. The Labute approximate surface area is 231 Å². The van der Waals surface area contributed by atoms with Crippen LogP contribution in [-0.4, -0.2) is 36.2 Å². The molecule has 3 aromatic carbocycles. The first-order valence-electron chi connectivity index (χ1n) is 12.5. The lowest BCUT2D eigenvalue weighted by Crippen LogP contribution is -2.36. The molecule has 0 unspecified atom stereocenters. The SMILES string of the molecule is CCCCc1c(C(=O)Nc2nnc(-c3ccc(S(=O)(=O)NC(=O)OC(C)(C)C)cc3)s2)ccc2ccccc12. The predicted octanol–water partition coefficient (Wildman–Crippen LogP) is 6.17. The lowest BCUT2D eigenvalue weighted by molar-refractivity contribution is 0.0570. The number of aryl methyl sites for hydroxylation is 1. The Morgan fingerprint density at radius 2 is 1.69 bits per heavy atom. The fourth-order valence-electron chi connectivity index (χ4n) is 3.97. The number of hydrogen-bond donors (Lipinski definition) is 2. The topological polar surface area (TPSA) is 127 Å². The van der Waals surface area contributed by atoms with Crippen LogP contribution in [-0.2, 0) is 21.2 Å². The summed E-state index contributed by atoms with van der Waals surface area (Å²) < 4.78 is 32.0. The third-order valence-corrected chi connectivity index (χ3v) is 7.96. The molecule has 204 valence electrons. The van der Waals surface area contributed by atoms with E-state index in [0.29, 0.717) is 21.3 Å². The summed E-state index contributed by atoms with van der Waals surface area (Å²) in [7, 11) is -4.11. The molecular weight excluding hydrogens is 536 g/mol. The second-order valence-corrected chi connectivity index (χ2v) is 12.6. The van der Waals surface area contributed by atoms with Crippen molar-refractivity contribution in [1.29, 1.82) is 0 Å². The predicted molar refractivity (Wildman–Crippen MR) is 152 cm³/mol. The van der Waals surface area contributed by atoms with E-state index in [-0.39, 0.29) is 10.8 Å². The Morgan fingerprint density at radius 3 is 2.38 bits per heavy atom. The van der Waals surface area contributed by atoms with Gasteiger partial charge in [-0.2, -0.15) is 0 Å². The molecule has 0 aliphatic rings. The second kappa shape index (κ2) is 11.5. The number of hydrogen-bond acceptors (Lipinski definition) is 8. The van der Waals surface area contributed by atoms with Gasteiger partial charge in [0.15, 0.2) is 0 Å². The number of unbranched alkanes of at least 4 members (excludes halogenated alkanes) is 1. The molecule has 1 aromatic heterocycles. The molecule has 0 aliphatic heterocycles. The number of sulfonamides is 1. The number of aromatic nitrogens is 2. The summed E-state index contributed by atoms with van der Waals surface area (Å²) >= 11 is 1.17. The number of ether oxygens (including phenoxy) is 1. The zero-order valence-electron chi connectivity index (χ0n) is 22.1. The first-order chi connectivity index (χ1) is 18.5. The normalized spacial score (nSPS) is 11.8. The largest absolute Gasteiger partial charge is 0.443 e. The summed E-state index contributed by atoms with van der Waals surface area (Å²) in [6.45, 7) is 7.03. The molecule has 0 atom stereocenters. The highest BCUT2D eigenvalue weighted by atomic mass is 32.2. The van der Waals surface area contributed by atoms with E-state index in [9.17, 15) is 18.0 Å². The van der Waals surface area contributed by atoms with E-state index in [2.05, 4.69) is 22.4 Å². The summed E-state index contributed by atoms with van der Waals surface area (Å²) in [6, 6.07) is 17.6. The van der Waals surface area contributed by atoms with Gasteiger partial charge in [0, 0.05) is 11.1 Å². The van der Waals surface area contributed by atoms with E-state index in [1.807, 2.05) is 41.1 Å². The van der Waals surface area contributed by atoms with Gasteiger partial charge in [-0.15, -0.1) is 10.2 Å². The molecule has 0 fully saturated rings. The van der Waals surface area contributed by atoms with Crippen molar-refractivity contribution in [2.24, 2.45) is 0 Å². The average molecular weight is 567 g/mol. The van der Waals surface area contributed by atoms with Crippen LogP contribution in [0.25, 0.3) is 21.3 Å². The number of benzene rings is 3. The van der Waals surface area contributed by atoms with E-state index in [1.165, 1.54) is 23.5 Å². The van der Waals surface area contributed by atoms with E-state index < -0.39 is 21.7 Å². The average Bonchev–Trinajstić information content (AvgIpc) is 3.34. The minimum Gasteiger partial charge on any atom is -0.443 e. The summed E-state index contributed by atoms with van der Waals surface area (Å²) in [5.41, 5.74) is 1.39. The van der Waals surface area contributed by atoms with Gasteiger partial charge in [0.25, 0.3) is 15.9 Å². The van der Waals surface area contributed by atoms with Crippen LogP contribution in [0.15, 0.2) is 65.6 Å². The van der Waals surface area contributed by atoms with Gasteiger partial charge >= 0.3 is 6.09 Å². The number of amides is 2. The molecule has 0 saturated heterocycles. The molecule has 2 amide bonds. The molecule has 0 radical (unpaired) electrons. The van der Waals surface area contributed by atoms with Crippen molar-refractivity contribution in [2.45, 2.75) is 57.5 Å². The quantitative estimate of drug-likeness (QED) is 0.261. The van der Waals surface area contributed by atoms with E-state index >= 15 is 0 Å². The van der Waals surface area contributed by atoms with E-state index in [0.717, 1.165) is 35.6 Å². The van der Waals surface area contributed by atoms with Crippen molar-refractivity contribution >= 4 is 49.3 Å². The number of carbonyl (C=O) groups excluding carboxylic acids is 2. The number of nitrogens with zero attached hydrogens (tertiary/aromatic N) is 2.